The van der Waals surface area contributed by atoms with Crippen molar-refractivity contribution in [3.05, 3.63) is 59.7 Å². The van der Waals surface area contributed by atoms with E-state index in [4.69, 9.17) is 9.47 Å². The Morgan fingerprint density at radius 2 is 1.11 bits per heavy atom. The summed E-state index contributed by atoms with van der Waals surface area (Å²) >= 11 is 0. The van der Waals surface area contributed by atoms with Crippen LogP contribution >= 0.6 is 0 Å². The summed E-state index contributed by atoms with van der Waals surface area (Å²) in [4.78, 5) is 14.4. The van der Waals surface area contributed by atoms with Crippen molar-refractivity contribution in [3.63, 3.8) is 0 Å². The van der Waals surface area contributed by atoms with Gasteiger partial charge in [0.1, 0.15) is 11.5 Å². The van der Waals surface area contributed by atoms with Crippen molar-refractivity contribution < 1.29 is 14.3 Å². The Balaban J connectivity index is 1.82. The lowest BCUT2D eigenvalue weighted by Gasteiger charge is -2.39. The van der Waals surface area contributed by atoms with Gasteiger partial charge in [0.15, 0.2) is 5.78 Å². The topological polar surface area (TPSA) is 35.5 Å². The number of benzene rings is 2. The van der Waals surface area contributed by atoms with Crippen LogP contribution in [0.1, 0.15) is 62.5 Å². The maximum absolute atomic E-state index is 14.4. The molecule has 0 N–H and O–H groups in total. The normalized spacial score (nSPS) is 20.1. The third-order valence-corrected chi connectivity index (χ3v) is 7.03. The molecule has 2 fully saturated rings. The first-order chi connectivity index (χ1) is 13.6. The Kier molecular flexibility index (Phi) is 5.18. The predicted molar refractivity (Wildman–Crippen MR) is 111 cm³/mol. The number of hydrogen-bond acceptors (Lipinski definition) is 3. The van der Waals surface area contributed by atoms with Crippen molar-refractivity contribution in [1.82, 2.24) is 0 Å². The summed E-state index contributed by atoms with van der Waals surface area (Å²) in [6, 6.07) is 16.4. The van der Waals surface area contributed by atoms with Gasteiger partial charge in [-0.05, 0) is 61.1 Å². The highest BCUT2D eigenvalue weighted by Gasteiger charge is 2.53. The van der Waals surface area contributed by atoms with Gasteiger partial charge < -0.3 is 9.47 Å². The number of ketones is 1. The quantitative estimate of drug-likeness (QED) is 0.657. The van der Waals surface area contributed by atoms with Gasteiger partial charge in [0.05, 0.1) is 25.0 Å². The molecule has 3 heteroatoms. The number of hydrogen-bond donors (Lipinski definition) is 0. The lowest BCUT2D eigenvalue weighted by molar-refractivity contribution is -0.130. The van der Waals surface area contributed by atoms with E-state index < -0.39 is 10.8 Å². The van der Waals surface area contributed by atoms with Crippen molar-refractivity contribution in [2.45, 2.75) is 62.2 Å². The summed E-state index contributed by atoms with van der Waals surface area (Å²) in [6.45, 7) is 0. The van der Waals surface area contributed by atoms with Gasteiger partial charge in [-0.2, -0.15) is 0 Å². The molecule has 0 atom stereocenters. The van der Waals surface area contributed by atoms with Gasteiger partial charge >= 0.3 is 0 Å². The Hall–Kier alpha value is -2.29. The SMILES string of the molecule is COc1cccc(C2(C(=O)C3(c4cccc(OC)c4)CCCC3)CCCC2)c1. The molecule has 4 rings (SSSR count). The first-order valence-electron chi connectivity index (χ1n) is 10.5. The van der Waals surface area contributed by atoms with E-state index in [2.05, 4.69) is 24.3 Å². The molecule has 2 aliphatic carbocycles. The fourth-order valence-electron chi connectivity index (χ4n) is 5.55. The maximum Gasteiger partial charge on any atom is 0.153 e. The highest BCUT2D eigenvalue weighted by molar-refractivity contribution is 5.99. The van der Waals surface area contributed by atoms with Gasteiger partial charge in [-0.3, -0.25) is 4.79 Å². The van der Waals surface area contributed by atoms with Gasteiger partial charge in [0.25, 0.3) is 0 Å². The minimum absolute atomic E-state index is 0.401. The Morgan fingerprint density at radius 3 is 1.46 bits per heavy atom. The van der Waals surface area contributed by atoms with Crippen LogP contribution in [0.25, 0.3) is 0 Å². The molecule has 2 aromatic carbocycles. The van der Waals surface area contributed by atoms with E-state index >= 15 is 0 Å². The molecule has 0 amide bonds. The molecular formula is C25H30O3. The number of ether oxygens (including phenoxy) is 2. The first-order valence-corrected chi connectivity index (χ1v) is 10.5. The zero-order chi connectivity index (χ0) is 19.6. The molecule has 0 bridgehead atoms. The molecule has 0 aromatic heterocycles. The van der Waals surface area contributed by atoms with E-state index in [1.165, 1.54) is 0 Å². The number of carbonyl (C=O) groups excluding carboxylic acids is 1. The standard InChI is InChI=1S/C25H30O3/c1-27-21-11-7-9-19(17-21)24(13-3-4-14-24)23(26)25(15-5-6-16-25)20-10-8-12-22(18-20)28-2/h7-12,17-18H,3-6,13-16H2,1-2H3. The van der Waals surface area contributed by atoms with Crippen LogP contribution in [0.2, 0.25) is 0 Å². The molecular weight excluding hydrogens is 348 g/mol. The predicted octanol–water partition coefficient (Wildman–Crippen LogP) is 5.60. The number of Topliss-reactive ketones (excluding diaryl/α,β-unsaturated/α-hetero) is 1. The lowest BCUT2D eigenvalue weighted by atomic mass is 9.62. The second kappa shape index (κ2) is 7.62. The summed E-state index contributed by atoms with van der Waals surface area (Å²) in [5.74, 6) is 2.08. The van der Waals surface area contributed by atoms with E-state index in [0.29, 0.717) is 5.78 Å². The largest absolute Gasteiger partial charge is 0.497 e. The summed E-state index contributed by atoms with van der Waals surface area (Å²) in [6.07, 6.45) is 8.17. The molecule has 0 aliphatic heterocycles. The Morgan fingerprint density at radius 1 is 0.714 bits per heavy atom. The third kappa shape index (κ3) is 3.01. The summed E-state index contributed by atoms with van der Waals surface area (Å²) in [5.41, 5.74) is 1.45. The van der Waals surface area contributed by atoms with Gasteiger partial charge in [-0.15, -0.1) is 0 Å². The van der Waals surface area contributed by atoms with Gasteiger partial charge in [-0.1, -0.05) is 49.9 Å². The summed E-state index contributed by atoms with van der Waals surface area (Å²) in [7, 11) is 3.38. The Bertz CT molecular complexity index is 773. The van der Waals surface area contributed by atoms with E-state index in [0.717, 1.165) is 74.0 Å². The van der Waals surface area contributed by atoms with Crippen molar-refractivity contribution in [1.29, 1.82) is 0 Å². The number of carbonyl (C=O) groups is 1. The average molecular weight is 379 g/mol. The van der Waals surface area contributed by atoms with Crippen LogP contribution in [-0.4, -0.2) is 20.0 Å². The number of methoxy groups -OCH3 is 2. The molecule has 0 heterocycles. The van der Waals surface area contributed by atoms with Crippen LogP contribution < -0.4 is 9.47 Å². The molecule has 0 saturated heterocycles. The second-order valence-corrected chi connectivity index (χ2v) is 8.37. The first kappa shape index (κ1) is 19.0. The van der Waals surface area contributed by atoms with Crippen LogP contribution in [-0.2, 0) is 15.6 Å². The van der Waals surface area contributed by atoms with E-state index in [9.17, 15) is 4.79 Å². The molecule has 28 heavy (non-hydrogen) atoms. The fraction of sp³-hybridized carbons (Fsp3) is 0.480. The Labute approximate surface area is 168 Å². The molecule has 3 nitrogen and oxygen atoms in total. The monoisotopic (exact) mass is 378 g/mol. The minimum atomic E-state index is -0.401. The van der Waals surface area contributed by atoms with Crippen LogP contribution in [0, 0.1) is 0 Å². The lowest BCUT2D eigenvalue weighted by Crippen LogP contribution is -2.46. The van der Waals surface area contributed by atoms with Gasteiger partial charge in [0, 0.05) is 0 Å². The molecule has 2 aliphatic rings. The molecule has 0 radical (unpaired) electrons. The van der Waals surface area contributed by atoms with Crippen LogP contribution in [0.4, 0.5) is 0 Å². The number of rotatable bonds is 6. The van der Waals surface area contributed by atoms with Crippen molar-refractivity contribution in [2.75, 3.05) is 14.2 Å². The van der Waals surface area contributed by atoms with E-state index in [1.807, 2.05) is 24.3 Å². The third-order valence-electron chi connectivity index (χ3n) is 7.03. The zero-order valence-corrected chi connectivity index (χ0v) is 17.0. The van der Waals surface area contributed by atoms with Crippen LogP contribution in [0.3, 0.4) is 0 Å². The van der Waals surface area contributed by atoms with Crippen LogP contribution in [0.5, 0.6) is 11.5 Å². The molecule has 0 unspecified atom stereocenters. The van der Waals surface area contributed by atoms with Gasteiger partial charge in [-0.25, -0.2) is 0 Å². The summed E-state index contributed by atoms with van der Waals surface area (Å²) in [5, 5.41) is 0. The van der Waals surface area contributed by atoms with Crippen molar-refractivity contribution in [3.8, 4) is 11.5 Å². The minimum Gasteiger partial charge on any atom is -0.497 e. The highest BCUT2D eigenvalue weighted by Crippen LogP contribution is 2.52. The average Bonchev–Trinajstić information content (AvgIpc) is 3.45. The molecule has 2 saturated carbocycles. The zero-order valence-electron chi connectivity index (χ0n) is 17.0. The molecule has 0 spiro atoms. The van der Waals surface area contributed by atoms with Crippen LogP contribution in [0.15, 0.2) is 48.5 Å². The van der Waals surface area contributed by atoms with Crippen molar-refractivity contribution >= 4 is 5.78 Å². The highest BCUT2D eigenvalue weighted by atomic mass is 16.5. The molecule has 148 valence electrons. The fourth-order valence-corrected chi connectivity index (χ4v) is 5.55. The maximum atomic E-state index is 14.4. The second-order valence-electron chi connectivity index (χ2n) is 8.37. The van der Waals surface area contributed by atoms with Crippen molar-refractivity contribution in [2.24, 2.45) is 0 Å². The molecule has 2 aromatic rings. The van der Waals surface area contributed by atoms with E-state index in [1.54, 1.807) is 14.2 Å². The summed E-state index contributed by atoms with van der Waals surface area (Å²) < 4.78 is 11.0. The van der Waals surface area contributed by atoms with Gasteiger partial charge in [0.2, 0.25) is 0 Å². The van der Waals surface area contributed by atoms with E-state index in [-0.39, 0.29) is 0 Å². The smallest absolute Gasteiger partial charge is 0.153 e.